The fourth-order valence-electron chi connectivity index (χ4n) is 1.70. The Morgan fingerprint density at radius 2 is 2.40 bits per heavy atom. The van der Waals surface area contributed by atoms with Crippen LogP contribution in [0.5, 0.6) is 0 Å². The van der Waals surface area contributed by atoms with Gasteiger partial charge < -0.3 is 10.1 Å². The molecule has 4 heteroatoms. The van der Waals surface area contributed by atoms with Crippen molar-refractivity contribution in [3.05, 3.63) is 11.6 Å². The van der Waals surface area contributed by atoms with E-state index in [9.17, 15) is 0 Å². The number of hydrogen-bond acceptors (Lipinski definition) is 3. The molecule has 1 aliphatic rings. The normalized spacial score (nSPS) is 23.3. The van der Waals surface area contributed by atoms with E-state index in [1.54, 1.807) is 0 Å². The topological polar surface area (TPSA) is 24.5 Å². The summed E-state index contributed by atoms with van der Waals surface area (Å²) < 4.78 is 5.66. The summed E-state index contributed by atoms with van der Waals surface area (Å²) in [5.41, 5.74) is 0. The molecule has 0 amide bonds. The van der Waals surface area contributed by atoms with Crippen molar-refractivity contribution < 1.29 is 4.74 Å². The quantitative estimate of drug-likeness (QED) is 0.777. The van der Waals surface area contributed by atoms with Crippen LogP contribution in [0.15, 0.2) is 11.6 Å². The second-order valence-electron chi connectivity index (χ2n) is 4.23. The first-order valence-corrected chi connectivity index (χ1v) is 5.87. The van der Waals surface area contributed by atoms with Gasteiger partial charge in [-0.25, -0.2) is 0 Å². The average molecular weight is 233 g/mol. The lowest BCUT2D eigenvalue weighted by atomic mass is 10.2. The standard InChI is InChI=1S/C11H21ClN2O/c1-9(2)14-4-5-15-11(8-14)7-13-6-10(3)12/h9,11,13H,3-8H2,1-2H3. The first-order valence-electron chi connectivity index (χ1n) is 5.49. The molecule has 0 bridgehead atoms. The Balaban J connectivity index is 2.21. The van der Waals surface area contributed by atoms with Crippen LogP contribution in [-0.4, -0.2) is 49.8 Å². The Hall–Kier alpha value is -0.0900. The van der Waals surface area contributed by atoms with Crippen molar-refractivity contribution in [1.82, 2.24) is 10.2 Å². The molecule has 0 aliphatic carbocycles. The lowest BCUT2D eigenvalue weighted by molar-refractivity contribution is -0.0367. The van der Waals surface area contributed by atoms with E-state index in [4.69, 9.17) is 16.3 Å². The number of rotatable bonds is 5. The number of nitrogens with one attached hydrogen (secondary N) is 1. The minimum Gasteiger partial charge on any atom is -0.374 e. The Kier molecular flexibility index (Phi) is 5.61. The van der Waals surface area contributed by atoms with Gasteiger partial charge in [-0.15, -0.1) is 0 Å². The maximum absolute atomic E-state index is 5.67. The molecule has 3 nitrogen and oxygen atoms in total. The molecule has 1 atom stereocenters. The lowest BCUT2D eigenvalue weighted by Crippen LogP contribution is -2.49. The number of ether oxygens (including phenoxy) is 1. The molecular formula is C11H21ClN2O. The van der Waals surface area contributed by atoms with Crippen LogP contribution in [0.25, 0.3) is 0 Å². The maximum atomic E-state index is 5.67. The molecule has 0 spiro atoms. The maximum Gasteiger partial charge on any atom is 0.0826 e. The minimum atomic E-state index is 0.275. The number of hydrogen-bond donors (Lipinski definition) is 1. The van der Waals surface area contributed by atoms with Gasteiger partial charge in [0.2, 0.25) is 0 Å². The molecule has 0 aromatic heterocycles. The molecule has 1 heterocycles. The van der Waals surface area contributed by atoms with Crippen LogP contribution in [0, 0.1) is 0 Å². The van der Waals surface area contributed by atoms with E-state index in [1.165, 1.54) is 0 Å². The van der Waals surface area contributed by atoms with Crippen LogP contribution in [0.2, 0.25) is 0 Å². The fourth-order valence-corrected chi connectivity index (χ4v) is 1.80. The first kappa shape index (κ1) is 13.0. The predicted octanol–water partition coefficient (Wildman–Crippen LogP) is 1.44. The van der Waals surface area contributed by atoms with E-state index >= 15 is 0 Å². The highest BCUT2D eigenvalue weighted by Crippen LogP contribution is 2.08. The van der Waals surface area contributed by atoms with Crippen molar-refractivity contribution >= 4 is 11.6 Å². The highest BCUT2D eigenvalue weighted by Gasteiger charge is 2.21. The van der Waals surface area contributed by atoms with Gasteiger partial charge in [0, 0.05) is 37.3 Å². The number of nitrogens with zero attached hydrogens (tertiary/aromatic N) is 1. The molecule has 88 valence electrons. The predicted molar refractivity (Wildman–Crippen MR) is 64.3 cm³/mol. The second-order valence-corrected chi connectivity index (χ2v) is 4.76. The van der Waals surface area contributed by atoms with Crippen LogP contribution < -0.4 is 5.32 Å². The molecule has 1 unspecified atom stereocenters. The summed E-state index contributed by atoms with van der Waals surface area (Å²) >= 11 is 5.67. The number of morpholine rings is 1. The van der Waals surface area contributed by atoms with Crippen molar-refractivity contribution in [3.8, 4) is 0 Å². The van der Waals surface area contributed by atoms with E-state index in [0.717, 1.165) is 26.2 Å². The summed E-state index contributed by atoms with van der Waals surface area (Å²) in [6, 6.07) is 0.597. The molecule has 1 fully saturated rings. The SMILES string of the molecule is C=C(Cl)CNCC1CN(C(C)C)CCO1. The molecule has 1 saturated heterocycles. The number of halogens is 1. The van der Waals surface area contributed by atoms with E-state index in [-0.39, 0.29) is 6.10 Å². The largest absolute Gasteiger partial charge is 0.374 e. The third-order valence-electron chi connectivity index (χ3n) is 2.59. The molecule has 0 aromatic rings. The monoisotopic (exact) mass is 232 g/mol. The second kappa shape index (κ2) is 6.48. The summed E-state index contributed by atoms with van der Waals surface area (Å²) in [6.45, 7) is 12.4. The van der Waals surface area contributed by atoms with Gasteiger partial charge in [0.1, 0.15) is 0 Å². The van der Waals surface area contributed by atoms with Gasteiger partial charge in [-0.2, -0.15) is 0 Å². The van der Waals surface area contributed by atoms with Crippen LogP contribution in [-0.2, 0) is 4.74 Å². The zero-order valence-electron chi connectivity index (χ0n) is 9.63. The summed E-state index contributed by atoms with van der Waals surface area (Å²) in [5, 5.41) is 3.88. The Morgan fingerprint density at radius 1 is 1.67 bits per heavy atom. The molecule has 0 radical (unpaired) electrons. The van der Waals surface area contributed by atoms with Crippen molar-refractivity contribution in [2.24, 2.45) is 0 Å². The fraction of sp³-hybridized carbons (Fsp3) is 0.818. The highest BCUT2D eigenvalue weighted by molar-refractivity contribution is 6.29. The lowest BCUT2D eigenvalue weighted by Gasteiger charge is -2.35. The molecule has 0 saturated carbocycles. The van der Waals surface area contributed by atoms with Crippen LogP contribution in [0.4, 0.5) is 0 Å². The van der Waals surface area contributed by atoms with E-state index < -0.39 is 0 Å². The van der Waals surface area contributed by atoms with Crippen molar-refractivity contribution in [1.29, 1.82) is 0 Å². The average Bonchev–Trinajstić information content (AvgIpc) is 2.17. The summed E-state index contributed by atoms with van der Waals surface area (Å²) in [6.07, 6.45) is 0.275. The molecule has 1 N–H and O–H groups in total. The minimum absolute atomic E-state index is 0.275. The van der Waals surface area contributed by atoms with Gasteiger partial charge in [0.25, 0.3) is 0 Å². The van der Waals surface area contributed by atoms with Gasteiger partial charge in [-0.05, 0) is 13.8 Å². The zero-order chi connectivity index (χ0) is 11.3. The summed E-state index contributed by atoms with van der Waals surface area (Å²) in [4.78, 5) is 2.44. The van der Waals surface area contributed by atoms with Gasteiger partial charge >= 0.3 is 0 Å². The van der Waals surface area contributed by atoms with Crippen LogP contribution in [0.3, 0.4) is 0 Å². The van der Waals surface area contributed by atoms with Gasteiger partial charge in [-0.3, -0.25) is 4.90 Å². The Labute approximate surface area is 97.4 Å². The smallest absolute Gasteiger partial charge is 0.0826 e. The van der Waals surface area contributed by atoms with Crippen molar-refractivity contribution in [2.75, 3.05) is 32.8 Å². The van der Waals surface area contributed by atoms with Gasteiger partial charge in [0.15, 0.2) is 0 Å². The van der Waals surface area contributed by atoms with E-state index in [1.807, 2.05) is 0 Å². The van der Waals surface area contributed by atoms with E-state index in [0.29, 0.717) is 17.6 Å². The van der Waals surface area contributed by atoms with Crippen molar-refractivity contribution in [2.45, 2.75) is 26.0 Å². The van der Waals surface area contributed by atoms with Gasteiger partial charge in [-0.1, -0.05) is 18.2 Å². The van der Waals surface area contributed by atoms with E-state index in [2.05, 4.69) is 30.6 Å². The van der Waals surface area contributed by atoms with Crippen LogP contribution >= 0.6 is 11.6 Å². The summed E-state index contributed by atoms with van der Waals surface area (Å²) in [5.74, 6) is 0. The Bertz CT molecular complexity index is 209. The van der Waals surface area contributed by atoms with Crippen LogP contribution in [0.1, 0.15) is 13.8 Å². The molecule has 1 rings (SSSR count). The molecule has 1 aliphatic heterocycles. The highest BCUT2D eigenvalue weighted by atomic mass is 35.5. The van der Waals surface area contributed by atoms with Gasteiger partial charge in [0.05, 0.1) is 12.7 Å². The summed E-state index contributed by atoms with van der Waals surface area (Å²) in [7, 11) is 0. The molecule has 0 aromatic carbocycles. The third-order valence-corrected chi connectivity index (χ3v) is 2.72. The third kappa shape index (κ3) is 4.98. The van der Waals surface area contributed by atoms with Crippen molar-refractivity contribution in [3.63, 3.8) is 0 Å². The molecular weight excluding hydrogens is 212 g/mol. The zero-order valence-corrected chi connectivity index (χ0v) is 10.4. The Morgan fingerprint density at radius 3 is 3.00 bits per heavy atom. The molecule has 15 heavy (non-hydrogen) atoms. The first-order chi connectivity index (χ1) is 7.09.